The van der Waals surface area contributed by atoms with E-state index in [-0.39, 0.29) is 103 Å². The van der Waals surface area contributed by atoms with Gasteiger partial charge in [0.2, 0.25) is 0 Å². The third kappa shape index (κ3) is 9.34. The summed E-state index contributed by atoms with van der Waals surface area (Å²) in [4.78, 5) is 37.0. The van der Waals surface area contributed by atoms with Crippen molar-refractivity contribution in [1.82, 2.24) is 0 Å². The molecule has 6 aromatic carbocycles. The molecule has 0 radical (unpaired) electrons. The number of aromatic hydroxyl groups is 5. The Kier molecular flexibility index (Phi) is 15.9. The summed E-state index contributed by atoms with van der Waals surface area (Å²) >= 11 is 0. The number of ketones is 2. The van der Waals surface area contributed by atoms with Crippen LogP contribution in [0.25, 0.3) is 21.5 Å². The van der Waals surface area contributed by atoms with Gasteiger partial charge in [0.25, 0.3) is 0 Å². The van der Waals surface area contributed by atoms with Crippen molar-refractivity contribution in [3.63, 3.8) is 0 Å². The van der Waals surface area contributed by atoms with Gasteiger partial charge >= 0.3 is 65.1 Å². The summed E-state index contributed by atoms with van der Waals surface area (Å²) in [6, 6.07) is 16.0. The molecule has 5 atom stereocenters. The molecule has 1 heterocycles. The number of nitrogens with zero attached hydrogens (tertiary/aromatic N) is 2. The van der Waals surface area contributed by atoms with Gasteiger partial charge in [0.05, 0.1) is 38.8 Å². The number of benzene rings is 6. The van der Waals surface area contributed by atoms with Crippen molar-refractivity contribution in [1.29, 1.82) is 0 Å². The van der Waals surface area contributed by atoms with Crippen LogP contribution < -0.4 is 59.1 Å². The third-order valence-electron chi connectivity index (χ3n) is 10.9. The summed E-state index contributed by atoms with van der Waals surface area (Å²) in [6.45, 7) is 0.291. The number of hydrogen-bond acceptors (Lipinski definition) is 21. The molecule has 0 spiro atoms. The number of carbonyl (C=O) groups excluding carboxylic acids is 2. The predicted molar refractivity (Wildman–Crippen MR) is 220 cm³/mol. The van der Waals surface area contributed by atoms with Gasteiger partial charge in [-0.05, 0) is 30.7 Å². The number of carboxylic acid groups (broad SMARTS) is 1. The average Bonchev–Trinajstić information content (AvgIpc) is 3.25. The van der Waals surface area contributed by atoms with Crippen molar-refractivity contribution < 1.29 is 155 Å². The Balaban J connectivity index is 0.000000248. The maximum absolute atomic E-state index is 13.4. The normalized spacial score (nSPS) is 19.1. The summed E-state index contributed by atoms with van der Waals surface area (Å²) in [7, 11) is -9.73. The van der Waals surface area contributed by atoms with Crippen LogP contribution in [-0.4, -0.2) is 126 Å². The molecule has 0 unspecified atom stereocenters. The summed E-state index contributed by atoms with van der Waals surface area (Å²) in [5.74, 6) is -8.53. The summed E-state index contributed by atoms with van der Waals surface area (Å²) in [6.07, 6.45) is -9.12. The third-order valence-corrected chi connectivity index (χ3v) is 12.8. The molecule has 2 aliphatic rings. The fourth-order valence-electron chi connectivity index (χ4n) is 7.90. The smallest absolute Gasteiger partial charge is 0.744 e. The molecule has 68 heavy (non-hydrogen) atoms. The van der Waals surface area contributed by atoms with Crippen molar-refractivity contribution in [2.45, 2.75) is 47.2 Å². The van der Waals surface area contributed by atoms with E-state index >= 15 is 0 Å². The van der Waals surface area contributed by atoms with E-state index in [1.165, 1.54) is 36.4 Å². The SMILES string of the molecule is Cc1c(C(=O)O)c(O)cc2c1C(=O)c1c(O)c([C@@H]3O[C@H](CO)[C@@H](O)[C@H](O)[C@H]3O)c(O)c(O)c1C2=O.O=S(=O)([O-])c1ccc(N=Nc2cc(O)c3ccccc3c2S(=O)(=O)[O-])c2ccccc12.[Na+].[Na+]. The number of carboxylic acids is 1. The Labute approximate surface area is 427 Å². The number of carbonyl (C=O) groups is 3. The Morgan fingerprint density at radius 2 is 1.22 bits per heavy atom. The number of aliphatic hydroxyl groups excluding tert-OH is 4. The number of azo groups is 1. The Hall–Kier alpha value is -5.13. The standard InChI is InChI=1S/C22H20O13.C20H14N2O7S2.2Na/c1-4-8-5(2-6(24)9(4)22(33)34)13(25)10-11(15(8)27)16(28)12(18(30)17(10)29)21-20(32)19(31)14(26)7(3-23)35-21;23-18-11-17(20(31(27,28)29)15-8-4-2-6-13(15)18)22-21-16-9-10-19(30(24,25)26)14-7-3-1-5-12(14)16;;/h2,7,14,19-21,23-24,26,28-32H,3H2,1H3,(H,33,34);1-11,23H,(H,24,25,26)(H,27,28,29);;/q;;2*+1/p-2/t7-,14-,19+,20-,21+;;;/m1.../s1. The molecule has 10 N–H and O–H groups in total. The minimum atomic E-state index is -4.99. The summed E-state index contributed by atoms with van der Waals surface area (Å²) in [5, 5.41) is 110. The molecule has 22 nitrogen and oxygen atoms in total. The average molecular weight is 995 g/mol. The second-order valence-electron chi connectivity index (χ2n) is 14.8. The Morgan fingerprint density at radius 1 is 0.662 bits per heavy atom. The maximum atomic E-state index is 13.4. The number of fused-ring (bicyclic) bond motifs is 4. The molecule has 8 rings (SSSR count). The monoisotopic (exact) mass is 994 g/mol. The second kappa shape index (κ2) is 20.1. The van der Waals surface area contributed by atoms with Crippen molar-refractivity contribution in [2.24, 2.45) is 10.2 Å². The molecular weight excluding hydrogens is 963 g/mol. The van der Waals surface area contributed by atoms with Crippen molar-refractivity contribution in [3.8, 4) is 28.7 Å². The van der Waals surface area contributed by atoms with Crippen LogP contribution in [0.1, 0.15) is 59.4 Å². The van der Waals surface area contributed by atoms with Crippen LogP contribution in [-0.2, 0) is 25.0 Å². The van der Waals surface area contributed by atoms with E-state index in [1.54, 1.807) is 18.2 Å². The number of phenols is 5. The zero-order valence-corrected chi connectivity index (χ0v) is 40.9. The van der Waals surface area contributed by atoms with Crippen LogP contribution >= 0.6 is 0 Å². The summed E-state index contributed by atoms with van der Waals surface area (Å²) in [5.41, 5.74) is -4.74. The van der Waals surface area contributed by atoms with Gasteiger partial charge in [0, 0.05) is 38.7 Å². The van der Waals surface area contributed by atoms with Crippen LogP contribution in [0.4, 0.5) is 11.4 Å². The van der Waals surface area contributed by atoms with Gasteiger partial charge in [-0.1, -0.05) is 48.5 Å². The molecule has 344 valence electrons. The van der Waals surface area contributed by atoms with Crippen LogP contribution in [0.15, 0.2) is 92.8 Å². The van der Waals surface area contributed by atoms with Crippen LogP contribution in [0.2, 0.25) is 0 Å². The fourth-order valence-corrected chi connectivity index (χ4v) is 9.39. The molecule has 26 heteroatoms. The zero-order chi connectivity index (χ0) is 48.5. The van der Waals surface area contributed by atoms with E-state index < -0.39 is 141 Å². The van der Waals surface area contributed by atoms with Crippen LogP contribution in [0.3, 0.4) is 0 Å². The number of aromatic carboxylic acids is 1. The molecule has 0 amide bonds. The van der Waals surface area contributed by atoms with Crippen LogP contribution in [0.5, 0.6) is 28.7 Å². The van der Waals surface area contributed by atoms with E-state index in [0.717, 1.165) is 19.1 Å². The molecule has 1 aliphatic carbocycles. The second-order valence-corrected chi connectivity index (χ2v) is 17.4. The maximum Gasteiger partial charge on any atom is 1.00 e. The van der Waals surface area contributed by atoms with Crippen molar-refractivity contribution in [3.05, 3.63) is 112 Å². The predicted octanol–water partition coefficient (Wildman–Crippen LogP) is -3.26. The van der Waals surface area contributed by atoms with E-state index in [1.807, 2.05) is 0 Å². The van der Waals surface area contributed by atoms with E-state index in [2.05, 4.69) is 10.2 Å². The first-order valence-electron chi connectivity index (χ1n) is 18.8. The van der Waals surface area contributed by atoms with Gasteiger partial charge in [-0.3, -0.25) is 9.59 Å². The van der Waals surface area contributed by atoms with Crippen molar-refractivity contribution in [2.75, 3.05) is 6.61 Å². The summed E-state index contributed by atoms with van der Waals surface area (Å²) < 4.78 is 75.6. The van der Waals surface area contributed by atoms with Gasteiger partial charge in [0.1, 0.15) is 79.3 Å². The van der Waals surface area contributed by atoms with E-state index in [0.29, 0.717) is 6.07 Å². The van der Waals surface area contributed by atoms with Gasteiger partial charge in [0.15, 0.2) is 23.1 Å². The number of hydrogen-bond donors (Lipinski definition) is 10. The van der Waals surface area contributed by atoms with Crippen LogP contribution in [0, 0.1) is 6.92 Å². The number of phenolic OH excluding ortho intramolecular Hbond substituents is 4. The van der Waals surface area contributed by atoms with Gasteiger partial charge < -0.3 is 64.9 Å². The fraction of sp³-hybridized carbons (Fsp3) is 0.167. The first-order valence-corrected chi connectivity index (χ1v) is 21.6. The zero-order valence-electron chi connectivity index (χ0n) is 35.3. The first-order chi connectivity index (χ1) is 30.9. The molecule has 1 saturated heterocycles. The molecular formula is C42H32N2Na2O20S2. The minimum Gasteiger partial charge on any atom is -0.744 e. The topological polar surface area (TPSA) is 402 Å². The van der Waals surface area contributed by atoms with Crippen molar-refractivity contribution >= 4 is 70.7 Å². The molecule has 1 aliphatic heterocycles. The molecule has 0 saturated carbocycles. The number of rotatable bonds is 7. The van der Waals surface area contributed by atoms with Gasteiger partial charge in [-0.25, -0.2) is 21.6 Å². The largest absolute Gasteiger partial charge is 1.00 e. The molecule has 1 fully saturated rings. The number of ether oxygens (including phenoxy) is 1. The van der Waals surface area contributed by atoms with E-state index in [4.69, 9.17) is 4.74 Å². The molecule has 0 bridgehead atoms. The Bertz CT molecular complexity index is 3350. The van der Waals surface area contributed by atoms with Gasteiger partial charge in [-0.2, -0.15) is 0 Å². The molecule has 6 aromatic rings. The Morgan fingerprint density at radius 3 is 1.79 bits per heavy atom. The quantitative estimate of drug-likeness (QED) is 0.0246. The van der Waals surface area contributed by atoms with E-state index in [9.17, 15) is 91.4 Å². The first kappa shape index (κ1) is 53.8. The molecule has 0 aromatic heterocycles. The minimum absolute atomic E-state index is 0. The van der Waals surface area contributed by atoms with Gasteiger partial charge in [-0.15, -0.1) is 10.2 Å². The number of aliphatic hydroxyl groups is 4.